The van der Waals surface area contributed by atoms with Gasteiger partial charge in [0.15, 0.2) is 4.84 Å². The maximum Gasteiger partial charge on any atom is 0.256 e. The van der Waals surface area contributed by atoms with Crippen molar-refractivity contribution in [2.24, 2.45) is 13.0 Å². The van der Waals surface area contributed by atoms with Crippen molar-refractivity contribution in [1.82, 2.24) is 14.4 Å². The summed E-state index contributed by atoms with van der Waals surface area (Å²) in [5.74, 6) is -0.225. The zero-order valence-corrected chi connectivity index (χ0v) is 16.5. The Morgan fingerprint density at radius 1 is 1.21 bits per heavy atom. The molecule has 0 spiro atoms. The Hall–Kier alpha value is -1.20. The molecule has 0 aromatic carbocycles. The number of carbonyl (C=O) groups excluding carboxylic acids is 2. The first kappa shape index (κ1) is 20.8. The summed E-state index contributed by atoms with van der Waals surface area (Å²) in [6, 6.07) is 3.78. The third-order valence-electron chi connectivity index (χ3n) is 3.74. The minimum atomic E-state index is -1.16. The van der Waals surface area contributed by atoms with E-state index in [4.69, 9.17) is 23.2 Å². The van der Waals surface area contributed by atoms with Gasteiger partial charge in [-0.05, 0) is 31.9 Å². The summed E-state index contributed by atoms with van der Waals surface area (Å²) in [5, 5.41) is 0. The van der Waals surface area contributed by atoms with Crippen LogP contribution in [0.3, 0.4) is 0 Å². The van der Waals surface area contributed by atoms with Crippen LogP contribution in [0.4, 0.5) is 0 Å². The van der Waals surface area contributed by atoms with Crippen LogP contribution in [-0.4, -0.2) is 50.1 Å². The average molecular weight is 376 g/mol. The van der Waals surface area contributed by atoms with Gasteiger partial charge in [-0.3, -0.25) is 9.59 Å². The fourth-order valence-electron chi connectivity index (χ4n) is 2.44. The maximum absolute atomic E-state index is 12.8. The molecule has 0 atom stereocenters. The Morgan fingerprint density at radius 3 is 2.25 bits per heavy atom. The first-order chi connectivity index (χ1) is 11.1. The molecule has 0 aliphatic carbocycles. The number of carbonyl (C=O) groups is 2. The molecular formula is C17H27Cl2N3O2. The van der Waals surface area contributed by atoms with Crippen LogP contribution in [0.5, 0.6) is 0 Å². The molecule has 2 amide bonds. The number of halogens is 2. The summed E-state index contributed by atoms with van der Waals surface area (Å²) < 4.78 is 1.99. The van der Waals surface area contributed by atoms with E-state index >= 15 is 0 Å². The number of amides is 2. The number of alkyl halides is 2. The maximum atomic E-state index is 12.8. The van der Waals surface area contributed by atoms with Crippen LogP contribution in [0.2, 0.25) is 0 Å². The van der Waals surface area contributed by atoms with Crippen LogP contribution in [-0.2, 0) is 23.2 Å². The summed E-state index contributed by atoms with van der Waals surface area (Å²) in [4.78, 5) is 27.0. The fraction of sp³-hybridized carbons (Fsp3) is 0.647. The molecule has 1 rings (SSSR count). The number of rotatable bonds is 8. The van der Waals surface area contributed by atoms with Gasteiger partial charge in [0, 0.05) is 31.5 Å². The van der Waals surface area contributed by atoms with Gasteiger partial charge in [-0.15, -0.1) is 0 Å². The number of aryl methyl sites for hydroxylation is 1. The second-order valence-electron chi connectivity index (χ2n) is 6.64. The van der Waals surface area contributed by atoms with E-state index in [-0.39, 0.29) is 18.5 Å². The van der Waals surface area contributed by atoms with Crippen LogP contribution >= 0.6 is 23.2 Å². The van der Waals surface area contributed by atoms with Gasteiger partial charge in [-0.25, -0.2) is 0 Å². The van der Waals surface area contributed by atoms with E-state index in [1.807, 2.05) is 43.8 Å². The van der Waals surface area contributed by atoms with E-state index in [1.165, 1.54) is 4.90 Å². The zero-order chi connectivity index (χ0) is 18.4. The van der Waals surface area contributed by atoms with E-state index in [0.717, 1.165) is 5.69 Å². The van der Waals surface area contributed by atoms with Crippen molar-refractivity contribution in [3.8, 4) is 0 Å². The lowest BCUT2D eigenvalue weighted by molar-refractivity contribution is -0.141. The molecule has 1 aromatic rings. The van der Waals surface area contributed by atoms with E-state index in [2.05, 4.69) is 13.8 Å². The molecule has 1 aromatic heterocycles. The Labute approximate surface area is 154 Å². The molecule has 0 radical (unpaired) electrons. The molecule has 0 N–H and O–H groups in total. The van der Waals surface area contributed by atoms with Crippen LogP contribution < -0.4 is 0 Å². The van der Waals surface area contributed by atoms with Gasteiger partial charge in [0.05, 0.1) is 6.54 Å². The van der Waals surface area contributed by atoms with Gasteiger partial charge in [0.2, 0.25) is 5.91 Å². The minimum Gasteiger partial charge on any atom is -0.353 e. The highest BCUT2D eigenvalue weighted by molar-refractivity contribution is 6.53. The van der Waals surface area contributed by atoms with Gasteiger partial charge in [0.25, 0.3) is 5.91 Å². The van der Waals surface area contributed by atoms with Gasteiger partial charge in [0.1, 0.15) is 6.54 Å². The highest BCUT2D eigenvalue weighted by Crippen LogP contribution is 2.13. The second kappa shape index (κ2) is 9.33. The molecule has 0 saturated carbocycles. The Balaban J connectivity index is 2.90. The molecule has 0 bridgehead atoms. The predicted octanol–water partition coefficient (Wildman–Crippen LogP) is 3.05. The van der Waals surface area contributed by atoms with E-state index in [9.17, 15) is 9.59 Å². The normalized spacial score (nSPS) is 11.4. The van der Waals surface area contributed by atoms with E-state index < -0.39 is 10.7 Å². The SMILES string of the molecule is CC(C)CN(Cc1cccn1C)C(=O)CN(C(=O)C(Cl)Cl)C(C)C. The van der Waals surface area contributed by atoms with Crippen molar-refractivity contribution in [2.75, 3.05) is 13.1 Å². The van der Waals surface area contributed by atoms with Gasteiger partial charge < -0.3 is 14.4 Å². The monoisotopic (exact) mass is 375 g/mol. The summed E-state index contributed by atoms with van der Waals surface area (Å²) in [6.45, 7) is 8.90. The van der Waals surface area contributed by atoms with E-state index in [0.29, 0.717) is 19.0 Å². The lowest BCUT2D eigenvalue weighted by atomic mass is 10.2. The van der Waals surface area contributed by atoms with Crippen molar-refractivity contribution in [3.05, 3.63) is 24.0 Å². The van der Waals surface area contributed by atoms with Crippen molar-refractivity contribution in [2.45, 2.75) is 45.1 Å². The average Bonchev–Trinajstić information content (AvgIpc) is 2.87. The van der Waals surface area contributed by atoms with Gasteiger partial charge >= 0.3 is 0 Å². The minimum absolute atomic E-state index is 0.0242. The number of nitrogens with zero attached hydrogens (tertiary/aromatic N) is 3. The summed E-state index contributed by atoms with van der Waals surface area (Å²) >= 11 is 11.4. The molecule has 0 fully saturated rings. The molecule has 0 unspecified atom stereocenters. The smallest absolute Gasteiger partial charge is 0.256 e. The summed E-state index contributed by atoms with van der Waals surface area (Å²) in [5.41, 5.74) is 1.04. The highest BCUT2D eigenvalue weighted by atomic mass is 35.5. The zero-order valence-electron chi connectivity index (χ0n) is 15.0. The standard InChI is InChI=1S/C17H27Cl2N3O2/c1-12(2)9-21(10-14-7-6-8-20(14)5)15(23)11-22(13(3)4)17(24)16(18)19/h6-8,12-13,16H,9-11H2,1-5H3. The molecule has 7 heteroatoms. The van der Waals surface area contributed by atoms with Crippen LogP contribution in [0.25, 0.3) is 0 Å². The molecule has 0 aliphatic rings. The molecule has 1 heterocycles. The van der Waals surface area contributed by atoms with Crippen molar-refractivity contribution in [3.63, 3.8) is 0 Å². The lowest BCUT2D eigenvalue weighted by Gasteiger charge is -2.31. The topological polar surface area (TPSA) is 45.6 Å². The summed E-state index contributed by atoms with van der Waals surface area (Å²) in [6.07, 6.45) is 1.95. The quantitative estimate of drug-likeness (QED) is 0.655. The van der Waals surface area contributed by atoms with Crippen LogP contribution in [0, 0.1) is 5.92 Å². The number of aromatic nitrogens is 1. The van der Waals surface area contributed by atoms with E-state index in [1.54, 1.807) is 4.90 Å². The first-order valence-electron chi connectivity index (χ1n) is 8.10. The lowest BCUT2D eigenvalue weighted by Crippen LogP contribution is -2.48. The molecule has 5 nitrogen and oxygen atoms in total. The Morgan fingerprint density at radius 2 is 1.83 bits per heavy atom. The molecular weight excluding hydrogens is 349 g/mol. The second-order valence-corrected chi connectivity index (χ2v) is 7.74. The van der Waals surface area contributed by atoms with Gasteiger partial charge in [-0.1, -0.05) is 37.0 Å². The van der Waals surface area contributed by atoms with Crippen LogP contribution in [0.1, 0.15) is 33.4 Å². The third kappa shape index (κ3) is 6.02. The predicted molar refractivity (Wildman–Crippen MR) is 98.0 cm³/mol. The summed E-state index contributed by atoms with van der Waals surface area (Å²) in [7, 11) is 1.95. The number of hydrogen-bond acceptors (Lipinski definition) is 2. The first-order valence-corrected chi connectivity index (χ1v) is 8.97. The Kier molecular flexibility index (Phi) is 8.10. The molecule has 0 aliphatic heterocycles. The Bertz CT molecular complexity index is 556. The molecule has 24 heavy (non-hydrogen) atoms. The van der Waals surface area contributed by atoms with Crippen molar-refractivity contribution >= 4 is 35.0 Å². The van der Waals surface area contributed by atoms with Gasteiger partial charge in [-0.2, -0.15) is 0 Å². The molecule has 136 valence electrons. The highest BCUT2D eigenvalue weighted by Gasteiger charge is 2.27. The van der Waals surface area contributed by atoms with Crippen molar-refractivity contribution < 1.29 is 9.59 Å². The third-order valence-corrected chi connectivity index (χ3v) is 4.11. The largest absolute Gasteiger partial charge is 0.353 e. The fourth-order valence-corrected chi connectivity index (χ4v) is 2.69. The molecule has 0 saturated heterocycles. The van der Waals surface area contributed by atoms with Crippen molar-refractivity contribution in [1.29, 1.82) is 0 Å². The number of hydrogen-bond donors (Lipinski definition) is 0. The van der Waals surface area contributed by atoms with Crippen LogP contribution in [0.15, 0.2) is 18.3 Å².